The van der Waals surface area contributed by atoms with E-state index in [1.165, 1.54) is 0 Å². The van der Waals surface area contributed by atoms with Crippen LogP contribution in [0.2, 0.25) is 0 Å². The topological polar surface area (TPSA) is 59.0 Å². The molecule has 0 aliphatic carbocycles. The van der Waals surface area contributed by atoms with E-state index in [4.69, 9.17) is 9.47 Å². The van der Waals surface area contributed by atoms with Gasteiger partial charge in [-0.2, -0.15) is 0 Å². The van der Waals surface area contributed by atoms with Gasteiger partial charge in [-0.1, -0.05) is 48.5 Å². The van der Waals surface area contributed by atoms with Crippen molar-refractivity contribution in [1.29, 1.82) is 0 Å². The molecule has 31 heavy (non-hydrogen) atoms. The number of rotatable bonds is 7. The van der Waals surface area contributed by atoms with Crippen LogP contribution in [0, 0.1) is 0 Å². The number of carbonyl (C=O) groups is 1. The SMILES string of the molecule is COc1ccc(C(=O)N(Cc2ccccc2O)CC2CCCO2)cc1-c1ccccc1. The maximum absolute atomic E-state index is 13.6. The minimum Gasteiger partial charge on any atom is -0.508 e. The highest BCUT2D eigenvalue weighted by atomic mass is 16.5. The summed E-state index contributed by atoms with van der Waals surface area (Å²) < 4.78 is 11.3. The monoisotopic (exact) mass is 417 g/mol. The molecule has 0 aromatic heterocycles. The van der Waals surface area contributed by atoms with Crippen LogP contribution in [0.4, 0.5) is 0 Å². The molecule has 3 aromatic carbocycles. The van der Waals surface area contributed by atoms with E-state index in [2.05, 4.69) is 0 Å². The third kappa shape index (κ3) is 4.89. The highest BCUT2D eigenvalue weighted by Gasteiger charge is 2.25. The lowest BCUT2D eigenvalue weighted by atomic mass is 10.0. The number of hydrogen-bond acceptors (Lipinski definition) is 4. The standard InChI is InChI=1S/C26H27NO4/c1-30-25-14-13-20(16-23(25)19-8-3-2-4-9-19)26(29)27(18-22-11-7-15-31-22)17-21-10-5-6-12-24(21)28/h2-6,8-10,12-14,16,22,28H,7,11,15,17-18H2,1H3. The van der Waals surface area contributed by atoms with Crippen molar-refractivity contribution in [3.63, 3.8) is 0 Å². The molecule has 1 aliphatic rings. The molecule has 0 spiro atoms. The summed E-state index contributed by atoms with van der Waals surface area (Å²) in [4.78, 5) is 15.3. The van der Waals surface area contributed by atoms with Gasteiger partial charge in [0.1, 0.15) is 11.5 Å². The molecule has 5 nitrogen and oxygen atoms in total. The zero-order valence-electron chi connectivity index (χ0n) is 17.7. The Labute approximate surface area is 182 Å². The van der Waals surface area contributed by atoms with Gasteiger partial charge in [0.2, 0.25) is 0 Å². The molecule has 1 heterocycles. The van der Waals surface area contributed by atoms with E-state index in [-0.39, 0.29) is 17.8 Å². The van der Waals surface area contributed by atoms with Gasteiger partial charge < -0.3 is 19.5 Å². The molecule has 1 aliphatic heterocycles. The summed E-state index contributed by atoms with van der Waals surface area (Å²) in [5.41, 5.74) is 3.15. The molecule has 0 bridgehead atoms. The Kier molecular flexibility index (Phi) is 6.53. The van der Waals surface area contributed by atoms with E-state index < -0.39 is 0 Å². The summed E-state index contributed by atoms with van der Waals surface area (Å²) in [7, 11) is 1.63. The fraction of sp³-hybridized carbons (Fsp3) is 0.269. The van der Waals surface area contributed by atoms with Gasteiger partial charge in [-0.05, 0) is 42.7 Å². The molecular formula is C26H27NO4. The number of phenolic OH excluding ortho intramolecular Hbond substituents is 1. The number of nitrogens with zero attached hydrogens (tertiary/aromatic N) is 1. The molecule has 0 radical (unpaired) electrons. The van der Waals surface area contributed by atoms with Gasteiger partial charge in [-0.3, -0.25) is 4.79 Å². The third-order valence-corrected chi connectivity index (χ3v) is 5.62. The Morgan fingerprint density at radius 1 is 1.10 bits per heavy atom. The van der Waals surface area contributed by atoms with E-state index >= 15 is 0 Å². The first-order valence-corrected chi connectivity index (χ1v) is 10.6. The van der Waals surface area contributed by atoms with Gasteiger partial charge in [0.25, 0.3) is 5.91 Å². The Morgan fingerprint density at radius 2 is 1.87 bits per heavy atom. The second-order valence-electron chi connectivity index (χ2n) is 7.73. The largest absolute Gasteiger partial charge is 0.508 e. The van der Waals surface area contributed by atoms with Crippen molar-refractivity contribution >= 4 is 5.91 Å². The number of carbonyl (C=O) groups excluding carboxylic acids is 1. The second kappa shape index (κ2) is 9.67. The summed E-state index contributed by atoms with van der Waals surface area (Å²) >= 11 is 0. The van der Waals surface area contributed by atoms with Crippen LogP contribution in [-0.4, -0.2) is 42.3 Å². The van der Waals surface area contributed by atoms with Crippen LogP contribution >= 0.6 is 0 Å². The molecule has 0 saturated carbocycles. The first-order valence-electron chi connectivity index (χ1n) is 10.6. The summed E-state index contributed by atoms with van der Waals surface area (Å²) in [5.74, 6) is 0.806. The molecule has 160 valence electrons. The number of methoxy groups -OCH3 is 1. The predicted octanol–water partition coefficient (Wildman–Crippen LogP) is 4.89. The predicted molar refractivity (Wildman–Crippen MR) is 120 cm³/mol. The van der Waals surface area contributed by atoms with Crippen LogP contribution in [0.5, 0.6) is 11.5 Å². The molecule has 5 heteroatoms. The smallest absolute Gasteiger partial charge is 0.254 e. The summed E-state index contributed by atoms with van der Waals surface area (Å²) in [6.07, 6.45) is 1.95. The van der Waals surface area contributed by atoms with E-state index in [0.29, 0.717) is 30.0 Å². The number of phenols is 1. The van der Waals surface area contributed by atoms with E-state index in [1.54, 1.807) is 30.2 Å². The summed E-state index contributed by atoms with van der Waals surface area (Å²) in [6, 6.07) is 22.5. The van der Waals surface area contributed by atoms with Gasteiger partial charge in [-0.25, -0.2) is 0 Å². The summed E-state index contributed by atoms with van der Waals surface area (Å²) in [5, 5.41) is 10.2. The zero-order valence-corrected chi connectivity index (χ0v) is 17.7. The fourth-order valence-electron chi connectivity index (χ4n) is 3.97. The van der Waals surface area contributed by atoms with Gasteiger partial charge in [0.15, 0.2) is 0 Å². The number of amides is 1. The Balaban J connectivity index is 1.66. The second-order valence-corrected chi connectivity index (χ2v) is 7.73. The molecule has 3 aromatic rings. The molecule has 1 saturated heterocycles. The summed E-state index contributed by atoms with van der Waals surface area (Å²) in [6.45, 7) is 1.53. The number of para-hydroxylation sites is 1. The minimum absolute atomic E-state index is 0.0154. The maximum Gasteiger partial charge on any atom is 0.254 e. The first-order chi connectivity index (χ1) is 15.2. The molecule has 1 amide bonds. The maximum atomic E-state index is 13.6. The third-order valence-electron chi connectivity index (χ3n) is 5.62. The quantitative estimate of drug-likeness (QED) is 0.595. The van der Waals surface area contributed by atoms with Crippen molar-refractivity contribution in [3.05, 3.63) is 83.9 Å². The number of aromatic hydroxyl groups is 1. The first kappa shape index (κ1) is 20.9. The lowest BCUT2D eigenvalue weighted by Gasteiger charge is -2.26. The lowest BCUT2D eigenvalue weighted by Crippen LogP contribution is -2.37. The Bertz CT molecular complexity index is 1030. The van der Waals surface area contributed by atoms with Crippen LogP contribution in [0.3, 0.4) is 0 Å². The van der Waals surface area contributed by atoms with Crippen molar-refractivity contribution in [2.75, 3.05) is 20.3 Å². The van der Waals surface area contributed by atoms with Crippen molar-refractivity contribution in [1.82, 2.24) is 4.90 Å². The van der Waals surface area contributed by atoms with Crippen molar-refractivity contribution in [3.8, 4) is 22.6 Å². The van der Waals surface area contributed by atoms with E-state index in [0.717, 1.165) is 30.6 Å². The van der Waals surface area contributed by atoms with Crippen LogP contribution in [0.25, 0.3) is 11.1 Å². The highest BCUT2D eigenvalue weighted by Crippen LogP contribution is 2.31. The van der Waals surface area contributed by atoms with Gasteiger partial charge in [0, 0.05) is 36.4 Å². The Morgan fingerprint density at radius 3 is 2.58 bits per heavy atom. The van der Waals surface area contributed by atoms with Crippen molar-refractivity contribution < 1.29 is 19.4 Å². The number of hydrogen-bond donors (Lipinski definition) is 1. The molecule has 1 fully saturated rings. The number of ether oxygens (including phenoxy) is 2. The number of benzene rings is 3. The molecular weight excluding hydrogens is 390 g/mol. The fourth-order valence-corrected chi connectivity index (χ4v) is 3.97. The minimum atomic E-state index is -0.0985. The highest BCUT2D eigenvalue weighted by molar-refractivity contribution is 5.96. The van der Waals surface area contributed by atoms with Gasteiger partial charge >= 0.3 is 0 Å². The van der Waals surface area contributed by atoms with Crippen LogP contribution in [0.15, 0.2) is 72.8 Å². The van der Waals surface area contributed by atoms with E-state index in [9.17, 15) is 9.90 Å². The Hall–Kier alpha value is -3.31. The molecule has 1 N–H and O–H groups in total. The molecule has 1 unspecified atom stereocenters. The average molecular weight is 418 g/mol. The molecule has 1 atom stereocenters. The van der Waals surface area contributed by atoms with Gasteiger partial charge in [0.05, 0.1) is 13.2 Å². The average Bonchev–Trinajstić information content (AvgIpc) is 3.33. The zero-order chi connectivity index (χ0) is 21.6. The normalized spacial score (nSPS) is 15.6. The van der Waals surface area contributed by atoms with Crippen molar-refractivity contribution in [2.24, 2.45) is 0 Å². The van der Waals surface area contributed by atoms with Crippen molar-refractivity contribution in [2.45, 2.75) is 25.5 Å². The van der Waals surface area contributed by atoms with Crippen LogP contribution in [-0.2, 0) is 11.3 Å². The lowest BCUT2D eigenvalue weighted by molar-refractivity contribution is 0.0506. The van der Waals surface area contributed by atoms with E-state index in [1.807, 2.05) is 54.6 Å². The molecule has 4 rings (SSSR count). The van der Waals surface area contributed by atoms with Crippen LogP contribution < -0.4 is 4.74 Å². The van der Waals surface area contributed by atoms with Crippen LogP contribution in [0.1, 0.15) is 28.8 Å². The van der Waals surface area contributed by atoms with Gasteiger partial charge in [-0.15, -0.1) is 0 Å².